The Kier molecular flexibility index (Phi) is 5.10. The Morgan fingerprint density at radius 2 is 1.62 bits per heavy atom. The van der Waals surface area contributed by atoms with Crippen molar-refractivity contribution in [2.45, 2.75) is 56.8 Å². The molecule has 5 fully saturated rings. The van der Waals surface area contributed by atoms with Crippen molar-refractivity contribution in [3.05, 3.63) is 29.8 Å². The summed E-state index contributed by atoms with van der Waals surface area (Å²) in [6.45, 7) is 0.770. The van der Waals surface area contributed by atoms with E-state index in [9.17, 15) is 14.4 Å². The molecule has 6 rings (SSSR count). The van der Waals surface area contributed by atoms with Gasteiger partial charge in [0.1, 0.15) is 5.75 Å². The number of likely N-dealkylation sites (tertiary alicyclic amines) is 1. The van der Waals surface area contributed by atoms with Gasteiger partial charge in [-0.1, -0.05) is 12.1 Å². The molecule has 3 amide bonds. The van der Waals surface area contributed by atoms with Gasteiger partial charge in [0.15, 0.2) is 0 Å². The first-order valence-electron chi connectivity index (χ1n) is 11.9. The van der Waals surface area contributed by atoms with Crippen LogP contribution in [0.25, 0.3) is 0 Å². The molecule has 5 aliphatic rings. The van der Waals surface area contributed by atoms with Gasteiger partial charge in [0.05, 0.1) is 12.5 Å². The van der Waals surface area contributed by atoms with Gasteiger partial charge in [-0.3, -0.25) is 19.3 Å². The van der Waals surface area contributed by atoms with Crippen molar-refractivity contribution in [3.63, 3.8) is 0 Å². The zero-order valence-electron chi connectivity index (χ0n) is 19.4. The molecule has 32 heavy (non-hydrogen) atoms. The molecule has 1 aromatic carbocycles. The number of ether oxygens (including phenoxy) is 1. The lowest BCUT2D eigenvalue weighted by Crippen LogP contribution is -2.52. The van der Waals surface area contributed by atoms with Crippen LogP contribution in [0.5, 0.6) is 5.75 Å². The highest BCUT2D eigenvalue weighted by Gasteiger charge is 2.54. The predicted octanol–water partition coefficient (Wildman–Crippen LogP) is 3.39. The van der Waals surface area contributed by atoms with Crippen molar-refractivity contribution < 1.29 is 19.1 Å². The first-order valence-corrected chi connectivity index (χ1v) is 11.9. The average molecular weight is 439 g/mol. The van der Waals surface area contributed by atoms with Gasteiger partial charge in [-0.05, 0) is 79.4 Å². The second kappa shape index (κ2) is 7.60. The molecule has 0 spiro atoms. The molecule has 6 nitrogen and oxygen atoms in total. The molecule has 4 aliphatic carbocycles. The third-order valence-corrected chi connectivity index (χ3v) is 8.80. The monoisotopic (exact) mass is 438 g/mol. The summed E-state index contributed by atoms with van der Waals surface area (Å²) in [5.74, 6) is 2.60. The summed E-state index contributed by atoms with van der Waals surface area (Å²) in [6.07, 6.45) is 7.89. The Balaban J connectivity index is 1.37. The first-order chi connectivity index (χ1) is 15.2. The lowest BCUT2D eigenvalue weighted by Gasteiger charge is -2.57. The van der Waals surface area contributed by atoms with E-state index in [1.54, 1.807) is 19.2 Å². The first kappa shape index (κ1) is 21.5. The lowest BCUT2D eigenvalue weighted by molar-refractivity contribution is -0.142. The minimum Gasteiger partial charge on any atom is -0.497 e. The van der Waals surface area contributed by atoms with Gasteiger partial charge in [-0.25, -0.2) is 0 Å². The van der Waals surface area contributed by atoms with Crippen molar-refractivity contribution in [3.8, 4) is 5.75 Å². The zero-order chi connectivity index (χ0) is 22.7. The summed E-state index contributed by atoms with van der Waals surface area (Å²) in [4.78, 5) is 42.3. The summed E-state index contributed by atoms with van der Waals surface area (Å²) in [5.41, 5.74) is -0.179. The van der Waals surface area contributed by atoms with Crippen molar-refractivity contribution in [2.75, 3.05) is 27.7 Å². The normalized spacial score (nSPS) is 35.5. The van der Waals surface area contributed by atoms with Gasteiger partial charge >= 0.3 is 0 Å². The molecule has 1 heterocycles. The van der Waals surface area contributed by atoms with E-state index in [2.05, 4.69) is 0 Å². The second-order valence-corrected chi connectivity index (χ2v) is 11.1. The van der Waals surface area contributed by atoms with Gasteiger partial charge in [-0.15, -0.1) is 0 Å². The van der Waals surface area contributed by atoms with E-state index < -0.39 is 5.41 Å². The van der Waals surface area contributed by atoms with Crippen LogP contribution in [0, 0.1) is 23.2 Å². The van der Waals surface area contributed by atoms with Crippen LogP contribution in [-0.2, 0) is 19.8 Å². The van der Waals surface area contributed by atoms with Crippen molar-refractivity contribution >= 4 is 17.7 Å². The maximum Gasteiger partial charge on any atom is 0.240 e. The smallest absolute Gasteiger partial charge is 0.240 e. The maximum absolute atomic E-state index is 13.5. The molecule has 4 bridgehead atoms. The molecule has 1 atom stereocenters. The zero-order valence-corrected chi connectivity index (χ0v) is 19.4. The Hall–Kier alpha value is -2.37. The van der Waals surface area contributed by atoms with Crippen LogP contribution in [0.1, 0.15) is 56.9 Å². The van der Waals surface area contributed by atoms with E-state index in [4.69, 9.17) is 4.74 Å². The molecule has 0 radical (unpaired) electrons. The number of rotatable bonds is 6. The summed E-state index contributed by atoms with van der Waals surface area (Å²) < 4.78 is 5.25. The number of likely N-dealkylation sites (N-methyl/N-ethyl adjacent to an activating group) is 1. The minimum absolute atomic E-state index is 0.0249. The molecular weight excluding hydrogens is 404 g/mol. The standard InChI is InChI=1S/C26H34N2O4/c1-27(16-25-11-17-8-18(12-25)10-19(9-17)13-25)22(29)14-26(15-23(30)28(2)24(26)31)20-4-6-21(32-3)7-5-20/h4-7,17-19H,8-16H2,1-3H3. The van der Waals surface area contributed by atoms with E-state index in [0.29, 0.717) is 11.3 Å². The highest BCUT2D eigenvalue weighted by Crippen LogP contribution is 2.60. The Morgan fingerprint density at radius 3 is 2.09 bits per heavy atom. The van der Waals surface area contributed by atoms with Gasteiger partial charge in [0, 0.05) is 33.5 Å². The van der Waals surface area contributed by atoms with E-state index >= 15 is 0 Å². The van der Waals surface area contributed by atoms with Crippen LogP contribution in [0.15, 0.2) is 24.3 Å². The molecule has 0 N–H and O–H groups in total. The molecule has 1 aliphatic heterocycles. The topological polar surface area (TPSA) is 66.9 Å². The summed E-state index contributed by atoms with van der Waals surface area (Å²) in [7, 11) is 4.99. The lowest BCUT2D eigenvalue weighted by atomic mass is 9.49. The van der Waals surface area contributed by atoms with Crippen LogP contribution in [0.3, 0.4) is 0 Å². The third-order valence-electron chi connectivity index (χ3n) is 8.80. The van der Waals surface area contributed by atoms with E-state index in [1.807, 2.05) is 24.1 Å². The number of nitrogens with zero attached hydrogens (tertiary/aromatic N) is 2. The van der Waals surface area contributed by atoms with E-state index in [-0.39, 0.29) is 36.0 Å². The van der Waals surface area contributed by atoms with Crippen LogP contribution in [-0.4, -0.2) is 55.3 Å². The molecule has 4 saturated carbocycles. The van der Waals surface area contributed by atoms with Crippen molar-refractivity contribution in [1.82, 2.24) is 9.80 Å². The highest BCUT2D eigenvalue weighted by atomic mass is 16.5. The summed E-state index contributed by atoms with van der Waals surface area (Å²) >= 11 is 0. The molecule has 1 aromatic rings. The number of methoxy groups -OCH3 is 1. The largest absolute Gasteiger partial charge is 0.497 e. The number of hydrogen-bond donors (Lipinski definition) is 0. The van der Waals surface area contributed by atoms with Crippen LogP contribution < -0.4 is 4.74 Å². The van der Waals surface area contributed by atoms with Gasteiger partial charge in [-0.2, -0.15) is 0 Å². The molecule has 6 heteroatoms. The van der Waals surface area contributed by atoms with E-state index in [1.165, 1.54) is 50.5 Å². The number of hydrogen-bond acceptors (Lipinski definition) is 4. The number of imide groups is 1. The highest BCUT2D eigenvalue weighted by molar-refractivity contribution is 6.10. The number of benzene rings is 1. The number of amides is 3. The van der Waals surface area contributed by atoms with Gasteiger partial charge in [0.25, 0.3) is 0 Å². The SMILES string of the molecule is COc1ccc(C2(CC(=O)N(C)CC34CC5CC(CC(C5)C3)C4)CC(=O)N(C)C2=O)cc1. The summed E-state index contributed by atoms with van der Waals surface area (Å²) in [5, 5.41) is 0. The fourth-order valence-corrected chi connectivity index (χ4v) is 7.73. The third kappa shape index (κ3) is 3.43. The molecule has 172 valence electrons. The molecule has 1 unspecified atom stereocenters. The Bertz CT molecular complexity index is 904. The minimum atomic E-state index is -1.13. The average Bonchev–Trinajstić information content (AvgIpc) is 2.96. The number of carbonyl (C=O) groups excluding carboxylic acids is 3. The Labute approximate surface area is 190 Å². The summed E-state index contributed by atoms with van der Waals surface area (Å²) in [6, 6.07) is 7.21. The van der Waals surface area contributed by atoms with Crippen LogP contribution in [0.4, 0.5) is 0 Å². The number of carbonyl (C=O) groups is 3. The maximum atomic E-state index is 13.5. The molecule has 0 aromatic heterocycles. The molecular formula is C26H34N2O4. The Morgan fingerprint density at radius 1 is 1.06 bits per heavy atom. The van der Waals surface area contributed by atoms with Crippen molar-refractivity contribution in [2.24, 2.45) is 23.2 Å². The van der Waals surface area contributed by atoms with Crippen LogP contribution in [0.2, 0.25) is 0 Å². The quantitative estimate of drug-likeness (QED) is 0.639. The fourth-order valence-electron chi connectivity index (χ4n) is 7.73. The van der Waals surface area contributed by atoms with Gasteiger partial charge < -0.3 is 9.64 Å². The predicted molar refractivity (Wildman–Crippen MR) is 120 cm³/mol. The molecule has 1 saturated heterocycles. The van der Waals surface area contributed by atoms with E-state index in [0.717, 1.165) is 24.3 Å². The van der Waals surface area contributed by atoms with Crippen LogP contribution >= 0.6 is 0 Å². The van der Waals surface area contributed by atoms with Gasteiger partial charge in [0.2, 0.25) is 17.7 Å². The fraction of sp³-hybridized carbons (Fsp3) is 0.654. The second-order valence-electron chi connectivity index (χ2n) is 11.1. The van der Waals surface area contributed by atoms with Crippen molar-refractivity contribution in [1.29, 1.82) is 0 Å².